The van der Waals surface area contributed by atoms with E-state index >= 15 is 0 Å². The SMILES string of the molecule is Cl.Cl.NCCCCNCCCN1C(=O)c2cccc3c(-c4cc(=O)c5ccccc5o4)ccc(c23)C1=O. The Bertz CT molecular complexity index is 1480. The van der Waals surface area contributed by atoms with Gasteiger partial charge in [0.25, 0.3) is 11.8 Å². The standard InChI is InChI=1S/C28H27N3O4.2ClH/c29-13-3-4-14-30-15-6-16-31-27(33)21-9-5-8-19-18(11-12-22(26(19)21)28(31)34)25-17-23(32)20-7-1-2-10-24(20)35-25;;/h1-2,5,7-12,17,30H,3-4,6,13-16,29H2;2*1H. The number of unbranched alkanes of at least 4 members (excludes halogenated alkanes) is 1. The van der Waals surface area contributed by atoms with Crippen LogP contribution >= 0.6 is 24.8 Å². The molecule has 1 aromatic heterocycles. The molecule has 0 atom stereocenters. The van der Waals surface area contributed by atoms with Crippen molar-refractivity contribution in [2.45, 2.75) is 19.3 Å². The monoisotopic (exact) mass is 541 g/mol. The van der Waals surface area contributed by atoms with Crippen molar-refractivity contribution < 1.29 is 14.0 Å². The van der Waals surface area contributed by atoms with E-state index in [1.807, 2.05) is 12.1 Å². The van der Waals surface area contributed by atoms with E-state index in [0.717, 1.165) is 25.9 Å². The number of nitrogens with zero attached hydrogens (tertiary/aromatic N) is 1. The minimum atomic E-state index is -0.298. The minimum absolute atomic E-state index is 0. The molecule has 0 aliphatic carbocycles. The number of carbonyl (C=O) groups excluding carboxylic acids is 2. The summed E-state index contributed by atoms with van der Waals surface area (Å²) < 4.78 is 6.05. The first-order valence-electron chi connectivity index (χ1n) is 12.0. The molecule has 0 unspecified atom stereocenters. The fourth-order valence-corrected chi connectivity index (χ4v) is 4.68. The van der Waals surface area contributed by atoms with E-state index in [-0.39, 0.29) is 42.1 Å². The van der Waals surface area contributed by atoms with Crippen LogP contribution < -0.4 is 16.5 Å². The molecule has 4 aromatic rings. The van der Waals surface area contributed by atoms with Crippen LogP contribution in [0.2, 0.25) is 0 Å². The van der Waals surface area contributed by atoms with Crippen LogP contribution in [0.3, 0.4) is 0 Å². The van der Waals surface area contributed by atoms with Gasteiger partial charge in [-0.1, -0.05) is 24.3 Å². The lowest BCUT2D eigenvalue weighted by atomic mass is 9.90. The van der Waals surface area contributed by atoms with Gasteiger partial charge in [0, 0.05) is 34.7 Å². The first kappa shape index (κ1) is 28.3. The van der Waals surface area contributed by atoms with Crippen LogP contribution in [-0.4, -0.2) is 42.9 Å². The summed E-state index contributed by atoms with van der Waals surface area (Å²) in [4.78, 5) is 40.6. The normalized spacial score (nSPS) is 12.5. The molecular formula is C28H29Cl2N3O4. The number of imide groups is 1. The molecule has 2 heterocycles. The van der Waals surface area contributed by atoms with Gasteiger partial charge in [0.1, 0.15) is 11.3 Å². The lowest BCUT2D eigenvalue weighted by Crippen LogP contribution is -2.41. The van der Waals surface area contributed by atoms with E-state index in [1.165, 1.54) is 11.0 Å². The molecule has 37 heavy (non-hydrogen) atoms. The van der Waals surface area contributed by atoms with Crippen LogP contribution in [0.4, 0.5) is 0 Å². The molecule has 0 saturated heterocycles. The number of benzene rings is 3. The number of halogens is 2. The van der Waals surface area contributed by atoms with Crippen molar-refractivity contribution in [3.05, 3.63) is 82.0 Å². The predicted octanol–water partition coefficient (Wildman–Crippen LogP) is 4.77. The van der Waals surface area contributed by atoms with Gasteiger partial charge in [-0.15, -0.1) is 24.8 Å². The summed E-state index contributed by atoms with van der Waals surface area (Å²) in [7, 11) is 0. The van der Waals surface area contributed by atoms with Crippen LogP contribution in [0.25, 0.3) is 33.1 Å². The number of carbonyl (C=O) groups is 2. The third kappa shape index (κ3) is 5.40. The molecule has 0 bridgehead atoms. The summed E-state index contributed by atoms with van der Waals surface area (Å²) in [5.74, 6) is -0.192. The fraction of sp³-hybridized carbons (Fsp3) is 0.250. The number of para-hydroxylation sites is 1. The molecule has 3 N–H and O–H groups in total. The second-order valence-electron chi connectivity index (χ2n) is 8.72. The number of hydrogen-bond donors (Lipinski definition) is 2. The maximum atomic E-state index is 13.3. The van der Waals surface area contributed by atoms with Gasteiger partial charge in [0.15, 0.2) is 5.43 Å². The molecule has 3 aromatic carbocycles. The van der Waals surface area contributed by atoms with Gasteiger partial charge >= 0.3 is 0 Å². The van der Waals surface area contributed by atoms with Crippen molar-refractivity contribution in [3.63, 3.8) is 0 Å². The number of rotatable bonds is 9. The minimum Gasteiger partial charge on any atom is -0.456 e. The molecule has 1 aliphatic heterocycles. The predicted molar refractivity (Wildman–Crippen MR) is 151 cm³/mol. The van der Waals surface area contributed by atoms with Crippen LogP contribution in [0.15, 0.2) is 69.9 Å². The maximum absolute atomic E-state index is 13.3. The Labute approximate surface area is 226 Å². The van der Waals surface area contributed by atoms with Crippen molar-refractivity contribution >= 4 is 58.4 Å². The lowest BCUT2D eigenvalue weighted by molar-refractivity contribution is 0.0609. The summed E-state index contributed by atoms with van der Waals surface area (Å²) in [5.41, 5.74) is 7.50. The third-order valence-electron chi connectivity index (χ3n) is 6.43. The van der Waals surface area contributed by atoms with Gasteiger partial charge in [-0.25, -0.2) is 0 Å². The Hall–Kier alpha value is -3.23. The molecule has 0 saturated carbocycles. The molecule has 2 amide bonds. The highest BCUT2D eigenvalue weighted by molar-refractivity contribution is 6.26. The number of nitrogens with one attached hydrogen (secondary N) is 1. The maximum Gasteiger partial charge on any atom is 0.261 e. The van der Waals surface area contributed by atoms with Gasteiger partial charge in [-0.2, -0.15) is 0 Å². The molecule has 1 aliphatic rings. The first-order chi connectivity index (χ1) is 17.1. The van der Waals surface area contributed by atoms with Crippen LogP contribution in [0.1, 0.15) is 40.0 Å². The topological polar surface area (TPSA) is 106 Å². The number of fused-ring (bicyclic) bond motifs is 1. The highest BCUT2D eigenvalue weighted by Crippen LogP contribution is 2.36. The van der Waals surface area contributed by atoms with E-state index in [1.54, 1.807) is 42.5 Å². The Morgan fingerprint density at radius 3 is 2.22 bits per heavy atom. The molecule has 0 spiro atoms. The average molecular weight is 542 g/mol. The van der Waals surface area contributed by atoms with Gasteiger partial charge in [-0.05, 0) is 74.6 Å². The Morgan fingerprint density at radius 2 is 1.43 bits per heavy atom. The highest BCUT2D eigenvalue weighted by Gasteiger charge is 2.33. The molecule has 0 fully saturated rings. The second-order valence-corrected chi connectivity index (χ2v) is 8.72. The number of nitrogens with two attached hydrogens (primary N) is 1. The summed E-state index contributed by atoms with van der Waals surface area (Å²) in [6.07, 6.45) is 2.65. The van der Waals surface area contributed by atoms with Crippen molar-refractivity contribution in [3.8, 4) is 11.3 Å². The van der Waals surface area contributed by atoms with Gasteiger partial charge in [0.2, 0.25) is 0 Å². The molecule has 7 nitrogen and oxygen atoms in total. The molecule has 9 heteroatoms. The van der Waals surface area contributed by atoms with Crippen LogP contribution in [0, 0.1) is 0 Å². The summed E-state index contributed by atoms with van der Waals surface area (Å²) in [6, 6.07) is 17.5. The van der Waals surface area contributed by atoms with Crippen molar-refractivity contribution in [1.29, 1.82) is 0 Å². The largest absolute Gasteiger partial charge is 0.456 e. The van der Waals surface area contributed by atoms with E-state index in [2.05, 4.69) is 5.32 Å². The lowest BCUT2D eigenvalue weighted by Gasteiger charge is -2.27. The molecule has 0 radical (unpaired) electrons. The van der Waals surface area contributed by atoms with E-state index in [4.69, 9.17) is 10.2 Å². The smallest absolute Gasteiger partial charge is 0.261 e. The zero-order valence-electron chi connectivity index (χ0n) is 20.2. The van der Waals surface area contributed by atoms with E-state index < -0.39 is 0 Å². The fourth-order valence-electron chi connectivity index (χ4n) is 4.68. The molecular weight excluding hydrogens is 513 g/mol. The van der Waals surface area contributed by atoms with Crippen molar-refractivity contribution in [2.75, 3.05) is 26.2 Å². The van der Waals surface area contributed by atoms with E-state index in [0.29, 0.717) is 63.7 Å². The number of amides is 2. The Kier molecular flexibility index (Phi) is 9.45. The molecule has 5 rings (SSSR count). The van der Waals surface area contributed by atoms with Crippen LogP contribution in [0.5, 0.6) is 0 Å². The van der Waals surface area contributed by atoms with E-state index in [9.17, 15) is 14.4 Å². The van der Waals surface area contributed by atoms with Gasteiger partial charge in [0.05, 0.1) is 5.39 Å². The Balaban J connectivity index is 0.00000190. The zero-order chi connectivity index (χ0) is 24.4. The summed E-state index contributed by atoms with van der Waals surface area (Å²) in [6.45, 7) is 2.62. The van der Waals surface area contributed by atoms with Gasteiger partial charge < -0.3 is 15.5 Å². The van der Waals surface area contributed by atoms with Crippen molar-refractivity contribution in [1.82, 2.24) is 10.2 Å². The van der Waals surface area contributed by atoms with Crippen molar-refractivity contribution in [2.24, 2.45) is 5.73 Å². The first-order valence-corrected chi connectivity index (χ1v) is 12.0. The quantitative estimate of drug-likeness (QED) is 0.233. The third-order valence-corrected chi connectivity index (χ3v) is 6.43. The second kappa shape index (κ2) is 12.3. The average Bonchev–Trinajstić information content (AvgIpc) is 2.88. The highest BCUT2D eigenvalue weighted by atomic mass is 35.5. The molecule has 194 valence electrons. The van der Waals surface area contributed by atoms with Crippen LogP contribution in [-0.2, 0) is 0 Å². The Morgan fingerprint density at radius 1 is 0.757 bits per heavy atom. The summed E-state index contributed by atoms with van der Waals surface area (Å²) in [5, 5.41) is 5.15. The number of hydrogen-bond acceptors (Lipinski definition) is 6. The van der Waals surface area contributed by atoms with Gasteiger partial charge in [-0.3, -0.25) is 19.3 Å². The summed E-state index contributed by atoms with van der Waals surface area (Å²) >= 11 is 0. The zero-order valence-corrected chi connectivity index (χ0v) is 21.8.